The van der Waals surface area contributed by atoms with E-state index in [1.54, 1.807) is 12.1 Å². The van der Waals surface area contributed by atoms with E-state index in [0.717, 1.165) is 12.0 Å². The second kappa shape index (κ2) is 8.03. The molecule has 0 aliphatic heterocycles. The third-order valence-electron chi connectivity index (χ3n) is 4.24. The summed E-state index contributed by atoms with van der Waals surface area (Å²) in [6, 6.07) is 10.9. The average Bonchev–Trinajstić information content (AvgIpc) is 3.02. The summed E-state index contributed by atoms with van der Waals surface area (Å²) in [7, 11) is 0. The van der Waals surface area contributed by atoms with Crippen molar-refractivity contribution in [3.8, 4) is 11.8 Å². The van der Waals surface area contributed by atoms with Crippen molar-refractivity contribution in [2.75, 3.05) is 0 Å². The molecule has 0 aromatic heterocycles. The summed E-state index contributed by atoms with van der Waals surface area (Å²) in [5, 5.41) is 2.17. The van der Waals surface area contributed by atoms with Crippen molar-refractivity contribution in [2.45, 2.75) is 32.6 Å². The summed E-state index contributed by atoms with van der Waals surface area (Å²) in [4.78, 5) is 3.67. The van der Waals surface area contributed by atoms with E-state index in [2.05, 4.69) is 59.3 Å². The number of nitrogens with zero attached hydrogens (tertiary/aromatic N) is 1. The molecule has 0 unspecified atom stereocenters. The van der Waals surface area contributed by atoms with Crippen LogP contribution in [0.5, 0.6) is 0 Å². The average molecular weight is 347 g/mol. The van der Waals surface area contributed by atoms with E-state index in [9.17, 15) is 4.39 Å². The molecule has 0 bridgehead atoms. The number of allylic oxidation sites excluding steroid dienone is 1. The van der Waals surface area contributed by atoms with Crippen molar-refractivity contribution in [3.05, 3.63) is 70.0 Å². The Hall–Kier alpha value is -2.53. The number of benzene rings is 2. The molecular weight excluding hydrogens is 329 g/mol. The summed E-state index contributed by atoms with van der Waals surface area (Å²) in [5.74, 6) is 5.69. The molecule has 0 heterocycles. The zero-order chi connectivity index (χ0) is 17.6. The van der Waals surface area contributed by atoms with E-state index in [4.69, 9.17) is 0 Å². The lowest BCUT2D eigenvalue weighted by Crippen LogP contribution is -1.87. The zero-order valence-electron chi connectivity index (χ0n) is 14.1. The van der Waals surface area contributed by atoms with Crippen molar-refractivity contribution in [1.29, 1.82) is 0 Å². The third kappa shape index (κ3) is 4.31. The molecule has 2 aromatic carbocycles. The molecule has 3 heteroatoms. The summed E-state index contributed by atoms with van der Waals surface area (Å²) in [6.45, 7) is 2.22. The Labute approximate surface area is 153 Å². The van der Waals surface area contributed by atoms with Crippen LogP contribution in [0, 0.1) is 17.7 Å². The quantitative estimate of drug-likeness (QED) is 0.370. The maximum atomic E-state index is 13.8. The lowest BCUT2D eigenvalue weighted by Gasteiger charge is -2.01. The van der Waals surface area contributed by atoms with E-state index in [1.165, 1.54) is 42.0 Å². The minimum absolute atomic E-state index is 0.184. The van der Waals surface area contributed by atoms with Crippen LogP contribution >= 0.6 is 12.2 Å². The molecule has 0 atom stereocenters. The normalized spacial score (nSPS) is 11.8. The molecule has 0 N–H and O–H groups in total. The predicted molar refractivity (Wildman–Crippen MR) is 105 cm³/mol. The van der Waals surface area contributed by atoms with Gasteiger partial charge in [-0.15, -0.1) is 0 Å². The number of thiocarbonyl (C=S) groups is 1. The molecule has 124 valence electrons. The van der Waals surface area contributed by atoms with E-state index in [-0.39, 0.29) is 5.69 Å². The Morgan fingerprint density at radius 3 is 2.60 bits per heavy atom. The van der Waals surface area contributed by atoms with Crippen LogP contribution in [0.15, 0.2) is 47.0 Å². The number of aliphatic imine (C=N–C) groups is 1. The monoisotopic (exact) mass is 347 g/mol. The minimum Gasteiger partial charge on any atom is -0.205 e. The first kappa shape index (κ1) is 17.3. The van der Waals surface area contributed by atoms with Gasteiger partial charge in [-0.3, -0.25) is 0 Å². The second-order valence-corrected chi connectivity index (χ2v) is 6.30. The number of fused-ring (bicyclic) bond motifs is 1. The van der Waals surface area contributed by atoms with Crippen LogP contribution in [0.2, 0.25) is 0 Å². The van der Waals surface area contributed by atoms with Crippen LogP contribution in [0.1, 0.15) is 48.4 Å². The predicted octanol–water partition coefficient (Wildman–Crippen LogP) is 6.09. The molecule has 25 heavy (non-hydrogen) atoms. The summed E-state index contributed by atoms with van der Waals surface area (Å²) < 4.78 is 13.8. The highest BCUT2D eigenvalue weighted by molar-refractivity contribution is 7.78. The Balaban J connectivity index is 1.76. The van der Waals surface area contributed by atoms with E-state index in [1.807, 2.05) is 6.07 Å². The topological polar surface area (TPSA) is 12.4 Å². The van der Waals surface area contributed by atoms with E-state index in [0.29, 0.717) is 5.56 Å². The number of unbranched alkanes of at least 4 members (excludes halogenated alkanes) is 1. The molecule has 0 amide bonds. The lowest BCUT2D eigenvalue weighted by molar-refractivity contribution is 0.629. The number of isothiocyanates is 1. The molecule has 2 aromatic rings. The van der Waals surface area contributed by atoms with Crippen molar-refractivity contribution in [1.82, 2.24) is 0 Å². The summed E-state index contributed by atoms with van der Waals surface area (Å²) >= 11 is 4.50. The molecule has 0 saturated heterocycles. The van der Waals surface area contributed by atoms with E-state index >= 15 is 0 Å². The van der Waals surface area contributed by atoms with Gasteiger partial charge in [0.1, 0.15) is 5.69 Å². The second-order valence-electron chi connectivity index (χ2n) is 6.12. The van der Waals surface area contributed by atoms with Crippen molar-refractivity contribution in [3.63, 3.8) is 0 Å². The smallest absolute Gasteiger partial charge is 0.150 e. The molecule has 0 spiro atoms. The highest BCUT2D eigenvalue weighted by Crippen LogP contribution is 2.28. The number of rotatable bonds is 4. The van der Waals surface area contributed by atoms with Gasteiger partial charge in [0.05, 0.1) is 5.16 Å². The largest absolute Gasteiger partial charge is 0.205 e. The van der Waals surface area contributed by atoms with Crippen LogP contribution in [-0.2, 0) is 6.42 Å². The molecular formula is C22H18FNS. The fourth-order valence-electron chi connectivity index (χ4n) is 2.93. The van der Waals surface area contributed by atoms with Crippen LogP contribution < -0.4 is 0 Å². The first-order valence-corrected chi connectivity index (χ1v) is 8.82. The van der Waals surface area contributed by atoms with Gasteiger partial charge in [0.2, 0.25) is 0 Å². The van der Waals surface area contributed by atoms with Gasteiger partial charge in [-0.2, -0.15) is 4.99 Å². The first-order chi connectivity index (χ1) is 12.2. The fraction of sp³-hybridized carbons (Fsp3) is 0.227. The SMILES string of the molecule is CCCCC1=Cc2ccc(C#Cc3ccc(N=C=S)c(F)c3)cc2C1. The highest BCUT2D eigenvalue weighted by atomic mass is 32.1. The molecule has 1 aliphatic carbocycles. The van der Waals surface area contributed by atoms with Crippen molar-refractivity contribution < 1.29 is 4.39 Å². The van der Waals surface area contributed by atoms with Gasteiger partial charge in [-0.05, 0) is 72.9 Å². The Morgan fingerprint density at radius 1 is 1.12 bits per heavy atom. The molecule has 0 fully saturated rings. The van der Waals surface area contributed by atoms with Gasteiger partial charge in [0, 0.05) is 11.1 Å². The third-order valence-corrected chi connectivity index (χ3v) is 4.33. The molecule has 3 rings (SSSR count). The van der Waals surface area contributed by atoms with Gasteiger partial charge in [-0.1, -0.05) is 42.9 Å². The van der Waals surface area contributed by atoms with Crippen molar-refractivity contribution in [2.24, 2.45) is 4.99 Å². The maximum absolute atomic E-state index is 13.8. The zero-order valence-corrected chi connectivity index (χ0v) is 14.9. The molecule has 1 nitrogen and oxygen atoms in total. The Bertz CT molecular complexity index is 940. The van der Waals surface area contributed by atoms with Gasteiger partial charge < -0.3 is 0 Å². The Morgan fingerprint density at radius 2 is 1.88 bits per heavy atom. The first-order valence-electron chi connectivity index (χ1n) is 8.41. The molecule has 0 radical (unpaired) electrons. The van der Waals surface area contributed by atoms with E-state index < -0.39 is 5.82 Å². The number of hydrogen-bond acceptors (Lipinski definition) is 2. The summed E-state index contributed by atoms with van der Waals surface area (Å²) in [6.07, 6.45) is 6.94. The molecule has 1 aliphatic rings. The van der Waals surface area contributed by atoms with Crippen LogP contribution in [0.25, 0.3) is 6.08 Å². The van der Waals surface area contributed by atoms with Crippen LogP contribution in [-0.4, -0.2) is 5.16 Å². The van der Waals surface area contributed by atoms with Gasteiger partial charge in [0.15, 0.2) is 5.82 Å². The number of halogens is 1. The number of hydrogen-bond donors (Lipinski definition) is 0. The highest BCUT2D eigenvalue weighted by Gasteiger charge is 2.12. The molecule has 0 saturated carbocycles. The van der Waals surface area contributed by atoms with Gasteiger partial charge in [-0.25, -0.2) is 4.39 Å². The minimum atomic E-state index is -0.442. The lowest BCUT2D eigenvalue weighted by atomic mass is 10.0. The maximum Gasteiger partial charge on any atom is 0.150 e. The fourth-order valence-corrected chi connectivity index (χ4v) is 3.02. The van der Waals surface area contributed by atoms with Crippen molar-refractivity contribution >= 4 is 29.1 Å². The van der Waals surface area contributed by atoms with Crippen LogP contribution in [0.4, 0.5) is 10.1 Å². The van der Waals surface area contributed by atoms with Gasteiger partial charge in [0.25, 0.3) is 0 Å². The van der Waals surface area contributed by atoms with Crippen LogP contribution in [0.3, 0.4) is 0 Å². The summed E-state index contributed by atoms with van der Waals surface area (Å²) in [5.41, 5.74) is 5.87. The van der Waals surface area contributed by atoms with Gasteiger partial charge >= 0.3 is 0 Å². The standard InChI is InChI=1S/C22H18FNS/c1-2-3-4-18-12-19-9-7-16(11-20(19)13-18)5-6-17-8-10-22(24-15-25)21(23)14-17/h7-12,14H,2-4,13H2,1H3. The Kier molecular flexibility index (Phi) is 5.56.